The monoisotopic (exact) mass is 484 g/mol. The van der Waals surface area contributed by atoms with E-state index in [1.54, 1.807) is 19.2 Å². The van der Waals surface area contributed by atoms with Crippen LogP contribution >= 0.6 is 11.6 Å². The number of likely N-dealkylation sites (N-methyl/N-ethyl adjacent to an activating group) is 1. The molecule has 1 saturated heterocycles. The summed E-state index contributed by atoms with van der Waals surface area (Å²) in [5.41, 5.74) is 3.49. The fourth-order valence-corrected chi connectivity index (χ4v) is 4.77. The maximum Gasteiger partial charge on any atom is 0.170 e. The molecule has 1 aliphatic heterocycles. The van der Waals surface area contributed by atoms with Crippen LogP contribution in [0.15, 0.2) is 36.5 Å². The minimum Gasteiger partial charge on any atom is -0.504 e. The van der Waals surface area contributed by atoms with Gasteiger partial charge in [-0.3, -0.25) is 9.78 Å². The Labute approximate surface area is 204 Å². The second-order valence-electron chi connectivity index (χ2n) is 9.07. The number of hydrogen-bond donors (Lipinski definition) is 2. The molecule has 0 saturated carbocycles. The van der Waals surface area contributed by atoms with Crippen LogP contribution in [0, 0.1) is 5.82 Å². The topological polar surface area (TPSA) is 68.7 Å². The maximum absolute atomic E-state index is 14.2. The number of fused-ring (bicyclic) bond motifs is 1. The number of aromatic hydroxyl groups is 1. The van der Waals surface area contributed by atoms with E-state index < -0.39 is 11.6 Å². The molecule has 34 heavy (non-hydrogen) atoms. The Morgan fingerprint density at radius 3 is 2.56 bits per heavy atom. The van der Waals surface area contributed by atoms with Crippen molar-refractivity contribution >= 4 is 34.0 Å². The molecule has 4 rings (SSSR count). The van der Waals surface area contributed by atoms with Crippen molar-refractivity contribution in [1.29, 1.82) is 0 Å². The second kappa shape index (κ2) is 10.3. The van der Waals surface area contributed by atoms with Crippen LogP contribution in [-0.2, 0) is 0 Å². The number of Topliss-reactive ketones (excluding diaryl/α,β-unsaturated/α-hetero) is 1. The van der Waals surface area contributed by atoms with Crippen LogP contribution in [-0.4, -0.2) is 67.1 Å². The minimum absolute atomic E-state index is 0.0442. The van der Waals surface area contributed by atoms with E-state index in [1.807, 2.05) is 32.3 Å². The van der Waals surface area contributed by atoms with Crippen molar-refractivity contribution in [2.24, 2.45) is 0 Å². The largest absolute Gasteiger partial charge is 0.504 e. The van der Waals surface area contributed by atoms with Crippen LogP contribution < -0.4 is 10.2 Å². The highest BCUT2D eigenvalue weighted by molar-refractivity contribution is 6.32. The van der Waals surface area contributed by atoms with E-state index in [0.29, 0.717) is 11.1 Å². The normalized spacial score (nSPS) is 14.6. The molecule has 0 aliphatic carbocycles. The molecule has 1 aromatic heterocycles. The number of nitrogens with zero attached hydrogens (tertiary/aromatic N) is 3. The summed E-state index contributed by atoms with van der Waals surface area (Å²) in [5.74, 6) is -1.38. The lowest BCUT2D eigenvalue weighted by Crippen LogP contribution is -2.46. The zero-order valence-electron chi connectivity index (χ0n) is 19.7. The standard InChI is InChI=1S/C26H30ClFN4O2/c1-16(33)21-15-30-24-5-4-17(18-13-22(27)26(34)23(28)14-18)12-20(24)25(21)32(11-10-31(2)3)19-6-8-29-9-7-19/h4-5,12-15,19,29,34H,6-11H2,1-3H3. The molecule has 0 spiro atoms. The van der Waals surface area contributed by atoms with E-state index in [-0.39, 0.29) is 16.8 Å². The summed E-state index contributed by atoms with van der Waals surface area (Å²) in [4.78, 5) is 21.8. The number of anilines is 1. The van der Waals surface area contributed by atoms with Crippen LogP contribution in [0.5, 0.6) is 5.75 Å². The minimum atomic E-state index is -0.777. The third-order valence-corrected chi connectivity index (χ3v) is 6.68. The second-order valence-corrected chi connectivity index (χ2v) is 9.48. The van der Waals surface area contributed by atoms with Gasteiger partial charge in [-0.1, -0.05) is 17.7 Å². The van der Waals surface area contributed by atoms with Gasteiger partial charge in [0.25, 0.3) is 0 Å². The van der Waals surface area contributed by atoms with E-state index >= 15 is 0 Å². The average Bonchev–Trinajstić information content (AvgIpc) is 2.82. The molecule has 0 amide bonds. The van der Waals surface area contributed by atoms with Gasteiger partial charge >= 0.3 is 0 Å². The summed E-state index contributed by atoms with van der Waals surface area (Å²) in [6.07, 6.45) is 3.63. The molecule has 1 aliphatic rings. The summed E-state index contributed by atoms with van der Waals surface area (Å²) in [7, 11) is 4.08. The molecular weight excluding hydrogens is 455 g/mol. The number of aromatic nitrogens is 1. The zero-order chi connectivity index (χ0) is 24.4. The van der Waals surface area contributed by atoms with Crippen LogP contribution in [0.3, 0.4) is 0 Å². The number of phenols is 1. The van der Waals surface area contributed by atoms with E-state index in [0.717, 1.165) is 61.2 Å². The predicted molar refractivity (Wildman–Crippen MR) is 136 cm³/mol. The number of halogens is 2. The Bertz CT molecular complexity index is 1190. The number of phenolic OH excluding ortho intramolecular Hbond substituents is 1. The number of pyridine rings is 1. The Morgan fingerprint density at radius 1 is 1.18 bits per heavy atom. The van der Waals surface area contributed by atoms with Crippen LogP contribution in [0.1, 0.15) is 30.1 Å². The van der Waals surface area contributed by atoms with Crippen LogP contribution in [0.4, 0.5) is 10.1 Å². The first kappa shape index (κ1) is 24.4. The highest BCUT2D eigenvalue weighted by Crippen LogP contribution is 2.37. The van der Waals surface area contributed by atoms with Gasteiger partial charge in [0.1, 0.15) is 0 Å². The van der Waals surface area contributed by atoms with Crippen molar-refractivity contribution < 1.29 is 14.3 Å². The van der Waals surface area contributed by atoms with Gasteiger partial charge in [0.15, 0.2) is 17.3 Å². The highest BCUT2D eigenvalue weighted by Gasteiger charge is 2.27. The number of piperidine rings is 1. The number of nitrogens with one attached hydrogen (secondary N) is 1. The molecule has 2 N–H and O–H groups in total. The maximum atomic E-state index is 14.2. The third-order valence-electron chi connectivity index (χ3n) is 6.39. The molecular formula is C26H30ClFN4O2. The lowest BCUT2D eigenvalue weighted by Gasteiger charge is -2.38. The first-order chi connectivity index (χ1) is 16.3. The Morgan fingerprint density at radius 2 is 1.91 bits per heavy atom. The lowest BCUT2D eigenvalue weighted by atomic mass is 9.97. The third kappa shape index (κ3) is 5.02. The van der Waals surface area contributed by atoms with Crippen molar-refractivity contribution in [2.45, 2.75) is 25.8 Å². The van der Waals surface area contributed by atoms with Gasteiger partial charge in [-0.25, -0.2) is 4.39 Å². The molecule has 0 radical (unpaired) electrons. The molecule has 0 unspecified atom stereocenters. The van der Waals surface area contributed by atoms with Gasteiger partial charge in [0, 0.05) is 30.7 Å². The highest BCUT2D eigenvalue weighted by atomic mass is 35.5. The van der Waals surface area contributed by atoms with Gasteiger partial charge in [-0.15, -0.1) is 0 Å². The van der Waals surface area contributed by atoms with Gasteiger partial charge in [0.05, 0.1) is 21.8 Å². The zero-order valence-corrected chi connectivity index (χ0v) is 20.5. The lowest BCUT2D eigenvalue weighted by molar-refractivity contribution is 0.101. The first-order valence-corrected chi connectivity index (χ1v) is 11.9. The number of benzene rings is 2. The summed E-state index contributed by atoms with van der Waals surface area (Å²) in [6, 6.07) is 8.76. The number of rotatable bonds is 7. The van der Waals surface area contributed by atoms with E-state index in [1.165, 1.54) is 6.07 Å². The molecule has 6 nitrogen and oxygen atoms in total. The number of hydrogen-bond acceptors (Lipinski definition) is 6. The predicted octanol–water partition coefficient (Wildman–Crippen LogP) is 4.72. The summed E-state index contributed by atoms with van der Waals surface area (Å²) in [6.45, 7) is 5.03. The molecule has 2 aromatic carbocycles. The van der Waals surface area contributed by atoms with E-state index in [2.05, 4.69) is 20.1 Å². The van der Waals surface area contributed by atoms with E-state index in [9.17, 15) is 14.3 Å². The average molecular weight is 485 g/mol. The molecule has 180 valence electrons. The summed E-state index contributed by atoms with van der Waals surface area (Å²) < 4.78 is 14.2. The SMILES string of the molecule is CC(=O)c1cnc2ccc(-c3cc(F)c(O)c(Cl)c3)cc2c1N(CCN(C)C)C1CCNCC1. The number of ketones is 1. The molecule has 3 aromatic rings. The Hall–Kier alpha value is -2.74. The fourth-order valence-electron chi connectivity index (χ4n) is 4.56. The summed E-state index contributed by atoms with van der Waals surface area (Å²) in [5, 5.41) is 14.0. The van der Waals surface area contributed by atoms with Crippen molar-refractivity contribution in [1.82, 2.24) is 15.2 Å². The van der Waals surface area contributed by atoms with Gasteiger partial charge < -0.3 is 20.2 Å². The van der Waals surface area contributed by atoms with Crippen molar-refractivity contribution in [3.8, 4) is 16.9 Å². The van der Waals surface area contributed by atoms with Crippen LogP contribution in [0.25, 0.3) is 22.0 Å². The van der Waals surface area contributed by atoms with Crippen LogP contribution in [0.2, 0.25) is 5.02 Å². The van der Waals surface area contributed by atoms with Gasteiger partial charge in [-0.2, -0.15) is 0 Å². The van der Waals surface area contributed by atoms with E-state index in [4.69, 9.17) is 11.6 Å². The van der Waals surface area contributed by atoms with Gasteiger partial charge in [-0.05, 0) is 82.3 Å². The van der Waals surface area contributed by atoms with Crippen molar-refractivity contribution in [3.63, 3.8) is 0 Å². The fraction of sp³-hybridized carbons (Fsp3) is 0.385. The van der Waals surface area contributed by atoms with Crippen molar-refractivity contribution in [3.05, 3.63) is 52.9 Å². The Kier molecular flexibility index (Phi) is 7.36. The number of carbonyl (C=O) groups is 1. The summed E-state index contributed by atoms with van der Waals surface area (Å²) >= 11 is 6.04. The number of carbonyl (C=O) groups excluding carboxylic acids is 1. The quantitative estimate of drug-likeness (QED) is 0.473. The molecule has 0 bridgehead atoms. The molecule has 0 atom stereocenters. The van der Waals surface area contributed by atoms with Gasteiger partial charge in [0.2, 0.25) is 0 Å². The molecule has 1 fully saturated rings. The molecule has 2 heterocycles. The van der Waals surface area contributed by atoms with Crippen molar-refractivity contribution in [2.75, 3.05) is 45.2 Å². The smallest absolute Gasteiger partial charge is 0.170 e. The Balaban J connectivity index is 1.92. The first-order valence-electron chi connectivity index (χ1n) is 11.5. The molecule has 8 heteroatoms.